The molecule has 2 rings (SSSR count). The molecule has 1 aliphatic heterocycles. The van der Waals surface area contributed by atoms with Crippen molar-refractivity contribution in [2.24, 2.45) is 0 Å². The van der Waals surface area contributed by atoms with Gasteiger partial charge >= 0.3 is 0 Å². The Morgan fingerprint density at radius 1 is 1.16 bits per heavy atom. The minimum Gasteiger partial charge on any atom is -0.338 e. The van der Waals surface area contributed by atoms with Crippen LogP contribution in [-0.4, -0.2) is 35.8 Å². The van der Waals surface area contributed by atoms with Crippen LogP contribution in [0.1, 0.15) is 65.9 Å². The number of amides is 2. The van der Waals surface area contributed by atoms with Crippen molar-refractivity contribution in [1.82, 2.24) is 4.90 Å². The van der Waals surface area contributed by atoms with Crippen LogP contribution in [0.15, 0.2) is 24.3 Å². The number of nitrogens with zero attached hydrogens (tertiary/aromatic N) is 2. The van der Waals surface area contributed by atoms with E-state index in [1.807, 2.05) is 29.2 Å². The zero-order valence-electron chi connectivity index (χ0n) is 16.3. The van der Waals surface area contributed by atoms with Gasteiger partial charge in [-0.3, -0.25) is 9.59 Å². The van der Waals surface area contributed by atoms with Crippen molar-refractivity contribution < 1.29 is 9.59 Å². The van der Waals surface area contributed by atoms with Crippen molar-refractivity contribution >= 4 is 17.5 Å². The molecule has 1 unspecified atom stereocenters. The molecule has 1 aromatic rings. The molecule has 0 radical (unpaired) electrons. The highest BCUT2D eigenvalue weighted by Crippen LogP contribution is 2.26. The van der Waals surface area contributed by atoms with Gasteiger partial charge in [0.15, 0.2) is 0 Å². The van der Waals surface area contributed by atoms with E-state index in [0.29, 0.717) is 6.04 Å². The SMILES string of the molecule is CCC1CCCCN1C(=O)CN(C(C)=O)c1ccc(C(C)(C)C)cc1. The summed E-state index contributed by atoms with van der Waals surface area (Å²) in [7, 11) is 0. The predicted molar refractivity (Wildman–Crippen MR) is 103 cm³/mol. The fourth-order valence-electron chi connectivity index (χ4n) is 3.51. The van der Waals surface area contributed by atoms with E-state index >= 15 is 0 Å². The van der Waals surface area contributed by atoms with Crippen LogP contribution >= 0.6 is 0 Å². The summed E-state index contributed by atoms with van der Waals surface area (Å²) >= 11 is 0. The van der Waals surface area contributed by atoms with Gasteiger partial charge in [-0.1, -0.05) is 39.8 Å². The van der Waals surface area contributed by atoms with Gasteiger partial charge < -0.3 is 9.80 Å². The van der Waals surface area contributed by atoms with E-state index in [2.05, 4.69) is 27.7 Å². The molecule has 0 spiro atoms. The van der Waals surface area contributed by atoms with Gasteiger partial charge in [0.05, 0.1) is 0 Å². The van der Waals surface area contributed by atoms with Crippen LogP contribution < -0.4 is 4.90 Å². The molecule has 4 nitrogen and oxygen atoms in total. The number of hydrogen-bond acceptors (Lipinski definition) is 2. The van der Waals surface area contributed by atoms with Crippen molar-refractivity contribution in [1.29, 1.82) is 0 Å². The number of rotatable bonds is 4. The lowest BCUT2D eigenvalue weighted by molar-refractivity contribution is -0.134. The van der Waals surface area contributed by atoms with Gasteiger partial charge in [0.2, 0.25) is 11.8 Å². The first-order valence-electron chi connectivity index (χ1n) is 9.42. The second-order valence-electron chi connectivity index (χ2n) is 8.05. The topological polar surface area (TPSA) is 40.6 Å². The molecule has 0 aliphatic carbocycles. The zero-order chi connectivity index (χ0) is 18.6. The van der Waals surface area contributed by atoms with Crippen LogP contribution in [0.2, 0.25) is 0 Å². The van der Waals surface area contributed by atoms with Crippen LogP contribution in [0.5, 0.6) is 0 Å². The molecule has 0 saturated carbocycles. The largest absolute Gasteiger partial charge is 0.338 e. The highest BCUT2D eigenvalue weighted by molar-refractivity contribution is 5.97. The number of piperidine rings is 1. The summed E-state index contributed by atoms with van der Waals surface area (Å²) in [6, 6.07) is 8.31. The van der Waals surface area contributed by atoms with Gasteiger partial charge in [-0.05, 0) is 48.8 Å². The fourth-order valence-corrected chi connectivity index (χ4v) is 3.51. The second-order valence-corrected chi connectivity index (χ2v) is 8.05. The molecule has 2 amide bonds. The molecular weight excluding hydrogens is 312 g/mol. The van der Waals surface area contributed by atoms with Crippen LogP contribution in [0.3, 0.4) is 0 Å². The van der Waals surface area contributed by atoms with Gasteiger partial charge in [-0.15, -0.1) is 0 Å². The van der Waals surface area contributed by atoms with Crippen LogP contribution in [-0.2, 0) is 15.0 Å². The Morgan fingerprint density at radius 2 is 1.80 bits per heavy atom. The minimum atomic E-state index is -0.0954. The molecule has 1 atom stereocenters. The smallest absolute Gasteiger partial charge is 0.242 e. The van der Waals surface area contributed by atoms with E-state index in [1.165, 1.54) is 18.9 Å². The molecule has 1 aromatic carbocycles. The third-order valence-corrected chi connectivity index (χ3v) is 5.14. The lowest BCUT2D eigenvalue weighted by Crippen LogP contribution is -2.48. The standard InChI is InChI=1S/C21H32N2O2/c1-6-18-9-7-8-14-22(18)20(25)15-23(16(2)24)19-12-10-17(11-13-19)21(3,4)5/h10-13,18H,6-9,14-15H2,1-5H3. The number of anilines is 1. The van der Waals surface area contributed by atoms with Crippen molar-refractivity contribution in [2.45, 2.75) is 71.8 Å². The molecule has 1 saturated heterocycles. The molecular formula is C21H32N2O2. The lowest BCUT2D eigenvalue weighted by atomic mass is 9.87. The fraction of sp³-hybridized carbons (Fsp3) is 0.619. The molecule has 1 heterocycles. The molecule has 25 heavy (non-hydrogen) atoms. The summed E-state index contributed by atoms with van der Waals surface area (Å²) in [4.78, 5) is 28.5. The summed E-state index contributed by atoms with van der Waals surface area (Å²) in [5.41, 5.74) is 2.07. The second kappa shape index (κ2) is 8.03. The molecule has 0 N–H and O–H groups in total. The molecule has 1 fully saturated rings. The maximum atomic E-state index is 12.8. The van der Waals surface area contributed by atoms with Gasteiger partial charge in [0.25, 0.3) is 0 Å². The normalized spacial score (nSPS) is 18.1. The Morgan fingerprint density at radius 3 is 2.32 bits per heavy atom. The van der Waals surface area contributed by atoms with Crippen molar-refractivity contribution in [3.63, 3.8) is 0 Å². The van der Waals surface area contributed by atoms with Gasteiger partial charge in [-0.2, -0.15) is 0 Å². The Bertz CT molecular complexity index is 601. The summed E-state index contributed by atoms with van der Waals surface area (Å²) in [6.45, 7) is 11.1. The van der Waals surface area contributed by atoms with E-state index in [1.54, 1.807) is 4.90 Å². The van der Waals surface area contributed by atoms with E-state index in [0.717, 1.165) is 31.5 Å². The quantitative estimate of drug-likeness (QED) is 0.824. The number of carbonyl (C=O) groups is 2. The maximum Gasteiger partial charge on any atom is 0.242 e. The predicted octanol–water partition coefficient (Wildman–Crippen LogP) is 4.13. The van der Waals surface area contributed by atoms with E-state index < -0.39 is 0 Å². The third kappa shape index (κ3) is 4.83. The van der Waals surface area contributed by atoms with E-state index in [-0.39, 0.29) is 23.8 Å². The van der Waals surface area contributed by atoms with Crippen molar-refractivity contribution in [3.8, 4) is 0 Å². The highest BCUT2D eigenvalue weighted by Gasteiger charge is 2.27. The Labute approximate surface area is 152 Å². The summed E-state index contributed by atoms with van der Waals surface area (Å²) in [5, 5.41) is 0. The van der Waals surface area contributed by atoms with Crippen LogP contribution in [0, 0.1) is 0 Å². The Hall–Kier alpha value is -1.84. The molecule has 0 bridgehead atoms. The minimum absolute atomic E-state index is 0.0571. The maximum absolute atomic E-state index is 12.8. The zero-order valence-corrected chi connectivity index (χ0v) is 16.3. The number of likely N-dealkylation sites (tertiary alicyclic amines) is 1. The average molecular weight is 344 g/mol. The third-order valence-electron chi connectivity index (χ3n) is 5.14. The lowest BCUT2D eigenvalue weighted by Gasteiger charge is -2.36. The first kappa shape index (κ1) is 19.5. The van der Waals surface area contributed by atoms with Crippen molar-refractivity contribution in [3.05, 3.63) is 29.8 Å². The van der Waals surface area contributed by atoms with Crippen LogP contribution in [0.25, 0.3) is 0 Å². The Kier molecular flexibility index (Phi) is 6.26. The number of hydrogen-bond donors (Lipinski definition) is 0. The average Bonchev–Trinajstić information content (AvgIpc) is 2.58. The van der Waals surface area contributed by atoms with E-state index in [9.17, 15) is 9.59 Å². The highest BCUT2D eigenvalue weighted by atomic mass is 16.2. The monoisotopic (exact) mass is 344 g/mol. The summed E-state index contributed by atoms with van der Waals surface area (Å²) < 4.78 is 0. The van der Waals surface area contributed by atoms with E-state index in [4.69, 9.17) is 0 Å². The summed E-state index contributed by atoms with van der Waals surface area (Å²) in [6.07, 6.45) is 4.30. The number of carbonyl (C=O) groups excluding carboxylic acids is 2. The van der Waals surface area contributed by atoms with Crippen LogP contribution in [0.4, 0.5) is 5.69 Å². The summed E-state index contributed by atoms with van der Waals surface area (Å²) in [5.74, 6) is -0.0384. The first-order chi connectivity index (χ1) is 11.7. The first-order valence-corrected chi connectivity index (χ1v) is 9.42. The molecule has 0 aromatic heterocycles. The van der Waals surface area contributed by atoms with Gasteiger partial charge in [0, 0.05) is 25.2 Å². The molecule has 1 aliphatic rings. The van der Waals surface area contributed by atoms with Crippen molar-refractivity contribution in [2.75, 3.05) is 18.0 Å². The van der Waals surface area contributed by atoms with Gasteiger partial charge in [-0.25, -0.2) is 0 Å². The molecule has 138 valence electrons. The number of benzene rings is 1. The Balaban J connectivity index is 2.15. The molecule has 4 heteroatoms. The van der Waals surface area contributed by atoms with Gasteiger partial charge in [0.1, 0.15) is 6.54 Å².